The zero-order valence-corrected chi connectivity index (χ0v) is 13.5. The molecule has 0 aliphatic carbocycles. The molecule has 2 aromatic carbocycles. The third kappa shape index (κ3) is 2.25. The molecule has 7 nitrogen and oxygen atoms in total. The molecule has 8 heteroatoms. The van der Waals surface area contributed by atoms with E-state index in [-0.39, 0.29) is 22.6 Å². The number of phenolic OH excluding ortho intramolecular Hbond substituents is 1. The van der Waals surface area contributed by atoms with E-state index >= 15 is 0 Å². The quantitative estimate of drug-likeness (QED) is 0.511. The van der Waals surface area contributed by atoms with Crippen LogP contribution in [0.1, 0.15) is 10.4 Å². The van der Waals surface area contributed by atoms with E-state index in [0.29, 0.717) is 27.4 Å². The highest BCUT2D eigenvalue weighted by atomic mass is 35.5. The van der Waals surface area contributed by atoms with Gasteiger partial charge in [0.2, 0.25) is 0 Å². The first-order chi connectivity index (χ1) is 12.0. The number of anilines is 1. The van der Waals surface area contributed by atoms with Crippen molar-refractivity contribution in [2.24, 2.45) is 5.73 Å². The van der Waals surface area contributed by atoms with E-state index in [0.717, 1.165) is 0 Å². The normalized spacial score (nSPS) is 11.2. The molecule has 124 valence electrons. The Morgan fingerprint density at radius 2 is 1.80 bits per heavy atom. The van der Waals surface area contributed by atoms with Crippen LogP contribution in [-0.4, -0.2) is 25.5 Å². The van der Waals surface area contributed by atoms with Crippen molar-refractivity contribution in [3.05, 3.63) is 53.1 Å². The molecular formula is C17H12ClN5O2. The van der Waals surface area contributed by atoms with E-state index in [9.17, 15) is 9.90 Å². The molecule has 0 aliphatic heterocycles. The van der Waals surface area contributed by atoms with Crippen molar-refractivity contribution in [1.29, 1.82) is 0 Å². The van der Waals surface area contributed by atoms with Gasteiger partial charge in [0.05, 0.1) is 21.7 Å². The van der Waals surface area contributed by atoms with E-state index < -0.39 is 5.91 Å². The van der Waals surface area contributed by atoms with Crippen LogP contribution < -0.4 is 11.5 Å². The molecule has 25 heavy (non-hydrogen) atoms. The van der Waals surface area contributed by atoms with Gasteiger partial charge in [0.25, 0.3) is 5.91 Å². The smallest absolute Gasteiger partial charge is 0.254 e. The molecule has 0 radical (unpaired) electrons. The van der Waals surface area contributed by atoms with E-state index in [1.165, 1.54) is 22.8 Å². The summed E-state index contributed by atoms with van der Waals surface area (Å²) in [6, 6.07) is 11.6. The molecule has 0 atom stereocenters. The number of hydrogen-bond donors (Lipinski definition) is 3. The molecule has 0 spiro atoms. The molecule has 0 fully saturated rings. The summed E-state index contributed by atoms with van der Waals surface area (Å²) in [7, 11) is 0. The average molecular weight is 354 g/mol. The minimum Gasteiger partial charge on any atom is -0.508 e. The molecule has 2 aromatic heterocycles. The number of para-hydroxylation sites is 2. The Morgan fingerprint density at radius 3 is 2.48 bits per heavy atom. The maximum Gasteiger partial charge on any atom is 0.254 e. The Hall–Kier alpha value is -3.32. The number of halogens is 1. The van der Waals surface area contributed by atoms with Crippen LogP contribution in [-0.2, 0) is 0 Å². The molecular weight excluding hydrogens is 342 g/mol. The van der Waals surface area contributed by atoms with Gasteiger partial charge in [-0.15, -0.1) is 0 Å². The minimum atomic E-state index is -0.720. The van der Waals surface area contributed by atoms with Gasteiger partial charge in [-0.25, -0.2) is 9.97 Å². The topological polar surface area (TPSA) is 120 Å². The van der Waals surface area contributed by atoms with Crippen LogP contribution >= 0.6 is 11.6 Å². The molecule has 0 unspecified atom stereocenters. The number of aromatic nitrogens is 3. The monoisotopic (exact) mass is 353 g/mol. The van der Waals surface area contributed by atoms with E-state index in [1.807, 2.05) is 12.1 Å². The predicted molar refractivity (Wildman–Crippen MR) is 96.0 cm³/mol. The zero-order chi connectivity index (χ0) is 17.7. The number of aromatic hydroxyl groups is 1. The minimum absolute atomic E-state index is 0.00461. The van der Waals surface area contributed by atoms with Gasteiger partial charge in [0.15, 0.2) is 5.65 Å². The molecule has 0 saturated heterocycles. The Bertz CT molecular complexity index is 1170. The SMILES string of the molecule is NC(=O)c1c(N)n(-c2cc(O)ccc2Cl)c2nc3ccccc3nc12. The molecule has 4 aromatic rings. The standard InChI is InChI=1S/C17H12ClN5O2/c18-9-6-5-8(24)7-12(9)23-15(19)13(16(20)25)14-17(23)22-11-4-2-1-3-10(11)21-14/h1-7,24H,19H2,(H2,20,25). The Balaban J connectivity index is 2.20. The number of nitrogens with two attached hydrogens (primary N) is 2. The molecule has 5 N–H and O–H groups in total. The fourth-order valence-corrected chi connectivity index (χ4v) is 3.02. The number of nitrogen functional groups attached to an aromatic ring is 1. The van der Waals surface area contributed by atoms with Crippen molar-refractivity contribution >= 4 is 45.5 Å². The lowest BCUT2D eigenvalue weighted by molar-refractivity contribution is 0.100. The lowest BCUT2D eigenvalue weighted by Gasteiger charge is -2.10. The maximum atomic E-state index is 11.9. The first-order valence-corrected chi connectivity index (χ1v) is 7.70. The van der Waals surface area contributed by atoms with Gasteiger partial charge in [-0.05, 0) is 24.3 Å². The molecule has 4 rings (SSSR count). The zero-order valence-electron chi connectivity index (χ0n) is 12.8. The highest BCUT2D eigenvalue weighted by Gasteiger charge is 2.24. The van der Waals surface area contributed by atoms with Crippen LogP contribution in [0.15, 0.2) is 42.5 Å². The van der Waals surface area contributed by atoms with Crippen LogP contribution in [0.4, 0.5) is 5.82 Å². The number of fused-ring (bicyclic) bond motifs is 2. The molecule has 1 amide bonds. The fraction of sp³-hybridized carbons (Fsp3) is 0. The van der Waals surface area contributed by atoms with E-state index in [2.05, 4.69) is 9.97 Å². The van der Waals surface area contributed by atoms with Gasteiger partial charge in [0, 0.05) is 6.07 Å². The second-order valence-corrected chi connectivity index (χ2v) is 5.89. The van der Waals surface area contributed by atoms with Crippen LogP contribution in [0.5, 0.6) is 5.75 Å². The van der Waals surface area contributed by atoms with Crippen molar-refractivity contribution in [3.63, 3.8) is 0 Å². The largest absolute Gasteiger partial charge is 0.508 e. The van der Waals surface area contributed by atoms with Gasteiger partial charge < -0.3 is 16.6 Å². The van der Waals surface area contributed by atoms with Gasteiger partial charge in [-0.2, -0.15) is 0 Å². The van der Waals surface area contributed by atoms with Gasteiger partial charge >= 0.3 is 0 Å². The average Bonchev–Trinajstić information content (AvgIpc) is 2.86. The lowest BCUT2D eigenvalue weighted by Crippen LogP contribution is -2.14. The van der Waals surface area contributed by atoms with Crippen LogP contribution in [0.25, 0.3) is 27.9 Å². The van der Waals surface area contributed by atoms with Crippen LogP contribution in [0.2, 0.25) is 5.02 Å². The predicted octanol–water partition coefficient (Wildman–Crippen LogP) is 2.61. The summed E-state index contributed by atoms with van der Waals surface area (Å²) in [5.74, 6) is -0.664. The number of primary amides is 1. The van der Waals surface area contributed by atoms with E-state index in [1.54, 1.807) is 12.1 Å². The number of amides is 1. The Kier molecular flexibility index (Phi) is 3.26. The van der Waals surface area contributed by atoms with Crippen LogP contribution in [0, 0.1) is 0 Å². The van der Waals surface area contributed by atoms with Gasteiger partial charge in [0.1, 0.15) is 22.6 Å². The molecule has 2 heterocycles. The first-order valence-electron chi connectivity index (χ1n) is 7.32. The number of carbonyl (C=O) groups excluding carboxylic acids is 1. The van der Waals surface area contributed by atoms with Crippen LogP contribution in [0.3, 0.4) is 0 Å². The molecule has 0 saturated carbocycles. The third-order valence-electron chi connectivity index (χ3n) is 3.91. The van der Waals surface area contributed by atoms with Crippen molar-refractivity contribution in [1.82, 2.24) is 14.5 Å². The highest BCUT2D eigenvalue weighted by Crippen LogP contribution is 2.34. The number of carbonyl (C=O) groups is 1. The summed E-state index contributed by atoms with van der Waals surface area (Å²) in [5, 5.41) is 10.1. The second kappa shape index (κ2) is 5.35. The second-order valence-electron chi connectivity index (χ2n) is 5.48. The summed E-state index contributed by atoms with van der Waals surface area (Å²) >= 11 is 6.26. The summed E-state index contributed by atoms with van der Waals surface area (Å²) in [6.45, 7) is 0. The number of phenols is 1. The number of nitrogens with zero attached hydrogens (tertiary/aromatic N) is 3. The lowest BCUT2D eigenvalue weighted by atomic mass is 10.2. The van der Waals surface area contributed by atoms with Crippen molar-refractivity contribution < 1.29 is 9.90 Å². The van der Waals surface area contributed by atoms with Crippen molar-refractivity contribution in [3.8, 4) is 11.4 Å². The van der Waals surface area contributed by atoms with E-state index in [4.69, 9.17) is 23.1 Å². The maximum absolute atomic E-state index is 11.9. The third-order valence-corrected chi connectivity index (χ3v) is 4.23. The number of rotatable bonds is 2. The highest BCUT2D eigenvalue weighted by molar-refractivity contribution is 6.32. The Labute approximate surface area is 146 Å². The summed E-state index contributed by atoms with van der Waals surface area (Å²) in [5.41, 5.74) is 14.0. The Morgan fingerprint density at radius 1 is 1.12 bits per heavy atom. The summed E-state index contributed by atoms with van der Waals surface area (Å²) in [6.07, 6.45) is 0. The van der Waals surface area contributed by atoms with Crippen molar-refractivity contribution in [2.45, 2.75) is 0 Å². The number of benzene rings is 2. The number of hydrogen-bond acceptors (Lipinski definition) is 5. The van der Waals surface area contributed by atoms with Gasteiger partial charge in [-0.3, -0.25) is 9.36 Å². The summed E-state index contributed by atoms with van der Waals surface area (Å²) < 4.78 is 1.47. The first kappa shape index (κ1) is 15.2. The fourth-order valence-electron chi connectivity index (χ4n) is 2.82. The van der Waals surface area contributed by atoms with Gasteiger partial charge in [-0.1, -0.05) is 23.7 Å². The molecule has 0 aliphatic rings. The summed E-state index contributed by atoms with van der Waals surface area (Å²) in [4.78, 5) is 21.0. The molecule has 0 bridgehead atoms. The van der Waals surface area contributed by atoms with Crippen molar-refractivity contribution in [2.75, 3.05) is 5.73 Å².